The first-order valence-corrected chi connectivity index (χ1v) is 5.49. The van der Waals surface area contributed by atoms with Crippen molar-refractivity contribution in [1.29, 1.82) is 5.26 Å². The van der Waals surface area contributed by atoms with Crippen LogP contribution in [0.15, 0.2) is 15.2 Å². The molecule has 0 fully saturated rings. The highest BCUT2D eigenvalue weighted by Crippen LogP contribution is 2.24. The van der Waals surface area contributed by atoms with E-state index in [0.29, 0.717) is 0 Å². The zero-order chi connectivity index (χ0) is 9.40. The summed E-state index contributed by atoms with van der Waals surface area (Å²) in [6.45, 7) is 5.72. The summed E-state index contributed by atoms with van der Waals surface area (Å²) < 4.78 is 1.31. The molecular formula is C9H12BrNS. The first kappa shape index (κ1) is 11.7. The number of unbranched alkanes of at least 4 members (excludes halogenated alkanes) is 1. The van der Waals surface area contributed by atoms with Gasteiger partial charge in [0.25, 0.3) is 0 Å². The fourth-order valence-electron chi connectivity index (χ4n) is 0.866. The maximum Gasteiger partial charge on any atom is 0.0730 e. The Balaban J connectivity index is 0.000000561. The van der Waals surface area contributed by atoms with Crippen molar-refractivity contribution in [2.24, 2.45) is 0 Å². The maximum absolute atomic E-state index is 6.50. The first-order valence-electron chi connectivity index (χ1n) is 3.82. The van der Waals surface area contributed by atoms with Gasteiger partial charge in [-0.2, -0.15) is 0 Å². The minimum Gasteiger partial charge on any atom is -0.202 e. The van der Waals surface area contributed by atoms with Gasteiger partial charge in [0.05, 0.1) is 3.79 Å². The molecule has 66 valence electrons. The van der Waals surface area contributed by atoms with Crippen LogP contribution < -0.4 is 0 Å². The molecule has 12 heavy (non-hydrogen) atoms. The van der Waals surface area contributed by atoms with Crippen LogP contribution in [0, 0.1) is 11.8 Å². The van der Waals surface area contributed by atoms with Crippen LogP contribution in [0.25, 0.3) is 0 Å². The Bertz CT molecular complexity index is 229. The fraction of sp³-hybridized carbons (Fsp3) is 0.444. The van der Waals surface area contributed by atoms with Crippen molar-refractivity contribution >= 4 is 27.3 Å². The van der Waals surface area contributed by atoms with Crippen molar-refractivity contribution in [3.8, 4) is 6.57 Å². The quantitative estimate of drug-likeness (QED) is 0.790. The van der Waals surface area contributed by atoms with Crippen molar-refractivity contribution in [3.63, 3.8) is 0 Å². The van der Waals surface area contributed by atoms with Gasteiger partial charge in [0.15, 0.2) is 0 Å². The van der Waals surface area contributed by atoms with Crippen LogP contribution in [-0.2, 0) is 6.42 Å². The monoisotopic (exact) mass is 245 g/mol. The minimum atomic E-state index is 1.22. The smallest absolute Gasteiger partial charge is 0.0730 e. The van der Waals surface area contributed by atoms with Gasteiger partial charge in [-0.25, -0.2) is 5.26 Å². The molecule has 0 N–H and O–H groups in total. The van der Waals surface area contributed by atoms with Crippen LogP contribution in [0.1, 0.15) is 25.3 Å². The molecule has 0 aliphatic rings. The molecular weight excluding hydrogens is 234 g/mol. The van der Waals surface area contributed by atoms with Crippen LogP contribution in [0.5, 0.6) is 0 Å². The molecule has 0 spiro atoms. The summed E-state index contributed by atoms with van der Waals surface area (Å²) >= 11 is 5.29. The van der Waals surface area contributed by atoms with Gasteiger partial charge in [0.2, 0.25) is 0 Å². The highest BCUT2D eigenvalue weighted by Gasteiger charge is 1.98. The molecule has 1 aromatic rings. The van der Waals surface area contributed by atoms with Gasteiger partial charge in [-0.1, -0.05) is 13.3 Å². The van der Waals surface area contributed by atoms with Crippen molar-refractivity contribution < 1.29 is 0 Å². The van der Waals surface area contributed by atoms with Gasteiger partial charge in [-0.15, -0.1) is 11.3 Å². The Morgan fingerprint density at radius 3 is 2.67 bits per heavy atom. The second-order valence-electron chi connectivity index (χ2n) is 2.32. The molecule has 0 unspecified atom stereocenters. The lowest BCUT2D eigenvalue weighted by atomic mass is 10.2. The van der Waals surface area contributed by atoms with Gasteiger partial charge in [0.1, 0.15) is 0 Å². The Hall–Kier alpha value is -0.330. The zero-order valence-electron chi connectivity index (χ0n) is 7.09. The van der Waals surface area contributed by atoms with Crippen LogP contribution in [0.3, 0.4) is 0 Å². The predicted octanol–water partition coefficient (Wildman–Crippen LogP) is 3.99. The predicted molar refractivity (Wildman–Crippen MR) is 57.3 cm³/mol. The molecule has 1 nitrogen and oxygen atoms in total. The molecule has 1 rings (SSSR count). The number of hydrogen-bond acceptors (Lipinski definition) is 2. The first-order chi connectivity index (χ1) is 5.84. The summed E-state index contributed by atoms with van der Waals surface area (Å²) in [4.78, 5) is 0. The fourth-order valence-corrected chi connectivity index (χ4v) is 2.19. The Labute approximate surface area is 86.2 Å². The van der Waals surface area contributed by atoms with E-state index in [9.17, 15) is 0 Å². The summed E-state index contributed by atoms with van der Waals surface area (Å²) in [5.74, 6) is 0. The molecule has 0 atom stereocenters. The van der Waals surface area contributed by atoms with Gasteiger partial charge >= 0.3 is 0 Å². The summed E-state index contributed by atoms with van der Waals surface area (Å²) in [7, 11) is 0. The standard InChI is InChI=1S/C8H11BrS.CHN/c1-2-3-4-7-5-6-10-8(7)9;1-2/h5-6H,2-4H2,1H3;1H. The molecule has 1 heterocycles. The summed E-state index contributed by atoms with van der Waals surface area (Å²) in [6, 6.07) is 2.20. The number of nitrogens with zero attached hydrogens (tertiary/aromatic N) is 1. The second-order valence-corrected chi connectivity index (χ2v) is 4.56. The Kier molecular flexibility index (Phi) is 7.12. The van der Waals surface area contributed by atoms with Gasteiger partial charge in [0, 0.05) is 6.57 Å². The van der Waals surface area contributed by atoms with Gasteiger partial charge < -0.3 is 0 Å². The summed E-state index contributed by atoms with van der Waals surface area (Å²) in [5, 5.41) is 8.63. The Morgan fingerprint density at radius 1 is 1.58 bits per heavy atom. The number of rotatable bonds is 3. The number of nitriles is 1. The van der Waals surface area contributed by atoms with Gasteiger partial charge in [-0.05, 0) is 45.8 Å². The van der Waals surface area contributed by atoms with E-state index >= 15 is 0 Å². The molecule has 0 aliphatic carbocycles. The van der Waals surface area contributed by atoms with E-state index in [4.69, 9.17) is 5.26 Å². The summed E-state index contributed by atoms with van der Waals surface area (Å²) in [6.07, 6.45) is 3.80. The third kappa shape index (κ3) is 3.89. The van der Waals surface area contributed by atoms with Crippen LogP contribution in [-0.4, -0.2) is 0 Å². The van der Waals surface area contributed by atoms with Gasteiger partial charge in [-0.3, -0.25) is 0 Å². The SMILES string of the molecule is C#N.CCCCc1ccsc1Br. The molecule has 1 aromatic heterocycles. The van der Waals surface area contributed by atoms with E-state index in [0.717, 1.165) is 0 Å². The number of hydrogen-bond donors (Lipinski definition) is 0. The average Bonchev–Trinajstić information content (AvgIpc) is 2.51. The molecule has 3 heteroatoms. The van der Waals surface area contributed by atoms with E-state index in [1.165, 1.54) is 28.6 Å². The number of halogens is 1. The minimum absolute atomic E-state index is 1.22. The van der Waals surface area contributed by atoms with E-state index in [2.05, 4.69) is 40.9 Å². The van der Waals surface area contributed by atoms with Crippen LogP contribution in [0.4, 0.5) is 0 Å². The molecule has 0 radical (unpaired) electrons. The van der Waals surface area contributed by atoms with Crippen molar-refractivity contribution in [1.82, 2.24) is 0 Å². The van der Waals surface area contributed by atoms with Crippen molar-refractivity contribution in [2.75, 3.05) is 0 Å². The lowest BCUT2D eigenvalue weighted by molar-refractivity contribution is 0.795. The molecule has 0 bridgehead atoms. The van der Waals surface area contributed by atoms with E-state index in [-0.39, 0.29) is 0 Å². The maximum atomic E-state index is 6.50. The molecule has 0 saturated carbocycles. The largest absolute Gasteiger partial charge is 0.202 e. The highest BCUT2D eigenvalue weighted by atomic mass is 79.9. The third-order valence-electron chi connectivity index (χ3n) is 1.49. The molecule has 0 aromatic carbocycles. The third-order valence-corrected chi connectivity index (χ3v) is 3.30. The normalized spacial score (nSPS) is 8.67. The molecule has 0 aliphatic heterocycles. The number of aryl methyl sites for hydroxylation is 1. The number of thiophene rings is 1. The van der Waals surface area contributed by atoms with Crippen LogP contribution in [0.2, 0.25) is 0 Å². The average molecular weight is 246 g/mol. The van der Waals surface area contributed by atoms with E-state index < -0.39 is 0 Å². The lowest BCUT2D eigenvalue weighted by Crippen LogP contribution is -1.79. The lowest BCUT2D eigenvalue weighted by Gasteiger charge is -1.94. The van der Waals surface area contributed by atoms with Crippen molar-refractivity contribution in [3.05, 3.63) is 20.8 Å². The summed E-state index contributed by atoms with van der Waals surface area (Å²) in [5.41, 5.74) is 1.46. The second kappa shape index (κ2) is 7.33. The Morgan fingerprint density at radius 2 is 2.25 bits per heavy atom. The van der Waals surface area contributed by atoms with E-state index in [1.807, 2.05) is 0 Å². The van der Waals surface area contributed by atoms with E-state index in [1.54, 1.807) is 11.3 Å². The van der Waals surface area contributed by atoms with Crippen molar-refractivity contribution in [2.45, 2.75) is 26.2 Å². The molecule has 0 amide bonds. The topological polar surface area (TPSA) is 23.8 Å². The van der Waals surface area contributed by atoms with Crippen LogP contribution >= 0.6 is 27.3 Å². The molecule has 0 saturated heterocycles. The zero-order valence-corrected chi connectivity index (χ0v) is 9.49. The highest BCUT2D eigenvalue weighted by molar-refractivity contribution is 9.11.